The third-order valence-electron chi connectivity index (χ3n) is 2.36. The van der Waals surface area contributed by atoms with Crippen molar-refractivity contribution < 1.29 is 8.78 Å². The topological polar surface area (TPSA) is 24.4 Å². The van der Waals surface area contributed by atoms with Crippen molar-refractivity contribution in [1.29, 1.82) is 0 Å². The van der Waals surface area contributed by atoms with E-state index in [-0.39, 0.29) is 5.56 Å². The molecular weight excluding hydrogens is 246 g/mol. The zero-order valence-corrected chi connectivity index (χ0v) is 11.2. The first-order valence-electron chi connectivity index (χ1n) is 6.31. The molecule has 0 aromatic heterocycles. The quantitative estimate of drug-likeness (QED) is 0.817. The number of benzene rings is 1. The fourth-order valence-electron chi connectivity index (χ4n) is 1.55. The monoisotopic (exact) mass is 264 g/mol. The number of halogens is 2. The van der Waals surface area contributed by atoms with E-state index in [1.807, 2.05) is 26.0 Å². The highest BCUT2D eigenvalue weighted by atomic mass is 19.1. The third kappa shape index (κ3) is 4.66. The highest BCUT2D eigenvalue weighted by Gasteiger charge is 2.07. The third-order valence-corrected chi connectivity index (χ3v) is 2.36. The summed E-state index contributed by atoms with van der Waals surface area (Å²) >= 11 is 0. The molecule has 19 heavy (non-hydrogen) atoms. The lowest BCUT2D eigenvalue weighted by molar-refractivity contribution is 0.597. The van der Waals surface area contributed by atoms with Gasteiger partial charge < -0.3 is 5.32 Å². The summed E-state index contributed by atoms with van der Waals surface area (Å²) in [4.78, 5) is 4.07. The van der Waals surface area contributed by atoms with E-state index in [1.54, 1.807) is 12.4 Å². The Kier molecular flexibility index (Phi) is 6.50. The lowest BCUT2D eigenvalue weighted by Crippen LogP contribution is -2.03. The Hall–Kier alpha value is -1.97. The molecule has 0 fully saturated rings. The van der Waals surface area contributed by atoms with Gasteiger partial charge in [-0.25, -0.2) is 8.78 Å². The predicted octanol–water partition coefficient (Wildman–Crippen LogP) is 3.91. The van der Waals surface area contributed by atoms with Crippen molar-refractivity contribution in [2.24, 2.45) is 4.99 Å². The molecule has 0 saturated carbocycles. The maximum Gasteiger partial charge on any atom is 0.131 e. The number of nitrogens with one attached hydrogen (secondary N) is 1. The minimum atomic E-state index is -0.454. The van der Waals surface area contributed by atoms with Crippen molar-refractivity contribution in [3.63, 3.8) is 0 Å². The van der Waals surface area contributed by atoms with Gasteiger partial charge in [-0.05, 0) is 36.4 Å². The highest BCUT2D eigenvalue weighted by molar-refractivity contribution is 6.09. The van der Waals surface area contributed by atoms with Crippen LogP contribution in [0, 0.1) is 11.6 Å². The molecule has 0 atom stereocenters. The first-order chi connectivity index (χ1) is 9.27. The van der Waals surface area contributed by atoms with E-state index < -0.39 is 11.6 Å². The van der Waals surface area contributed by atoms with Crippen LogP contribution in [0.15, 0.2) is 41.5 Å². The number of allylic oxidation sites excluding steroid dienone is 3. The molecular formula is C15H18F2N2. The van der Waals surface area contributed by atoms with E-state index in [0.29, 0.717) is 18.7 Å². The van der Waals surface area contributed by atoms with Crippen molar-refractivity contribution >= 4 is 11.8 Å². The van der Waals surface area contributed by atoms with Gasteiger partial charge in [-0.1, -0.05) is 26.0 Å². The summed E-state index contributed by atoms with van der Waals surface area (Å²) in [5, 5.41) is 2.95. The Bertz CT molecular complexity index is 491. The van der Waals surface area contributed by atoms with Crippen LogP contribution in [0.25, 0.3) is 5.57 Å². The molecule has 0 radical (unpaired) electrons. The van der Waals surface area contributed by atoms with Crippen molar-refractivity contribution in [1.82, 2.24) is 5.32 Å². The zero-order valence-electron chi connectivity index (χ0n) is 11.2. The highest BCUT2D eigenvalue weighted by Crippen LogP contribution is 2.19. The molecule has 0 bridgehead atoms. The summed E-state index contributed by atoms with van der Waals surface area (Å²) < 4.78 is 26.7. The zero-order chi connectivity index (χ0) is 14.1. The normalized spacial score (nSPS) is 20.3. The van der Waals surface area contributed by atoms with E-state index in [0.717, 1.165) is 12.1 Å². The van der Waals surface area contributed by atoms with Crippen LogP contribution in [0.5, 0.6) is 0 Å². The van der Waals surface area contributed by atoms with Crippen LogP contribution in [0.4, 0.5) is 8.78 Å². The van der Waals surface area contributed by atoms with Crippen LogP contribution in [0.2, 0.25) is 0 Å². The lowest BCUT2D eigenvalue weighted by Gasteiger charge is -2.04. The summed E-state index contributed by atoms with van der Waals surface area (Å²) in [5.74, 6) is -0.899. The number of aliphatic imine (C=N–C) groups is 1. The van der Waals surface area contributed by atoms with Crippen LogP contribution < -0.4 is 5.32 Å². The molecule has 0 aliphatic carbocycles. The molecule has 0 spiro atoms. The molecule has 1 aliphatic heterocycles. The number of nitrogens with zero attached hydrogens (tertiary/aromatic N) is 1. The van der Waals surface area contributed by atoms with Crippen LogP contribution in [-0.4, -0.2) is 12.9 Å². The Labute approximate surface area is 112 Å². The van der Waals surface area contributed by atoms with Crippen molar-refractivity contribution in [3.8, 4) is 0 Å². The first-order valence-corrected chi connectivity index (χ1v) is 6.31. The number of hydrogen-bond acceptors (Lipinski definition) is 2. The summed E-state index contributed by atoms with van der Waals surface area (Å²) in [6.07, 6.45) is 7.69. The van der Waals surface area contributed by atoms with Crippen LogP contribution in [0.1, 0.15) is 25.8 Å². The molecule has 102 valence electrons. The van der Waals surface area contributed by atoms with Crippen LogP contribution in [0.3, 0.4) is 0 Å². The number of hydrogen-bond donors (Lipinski definition) is 1. The summed E-state index contributed by atoms with van der Waals surface area (Å²) in [6.45, 7) is 4.42. The smallest absolute Gasteiger partial charge is 0.131 e. The summed E-state index contributed by atoms with van der Waals surface area (Å²) in [7, 11) is 0. The Balaban J connectivity index is 0.000000861. The Morgan fingerprint density at radius 1 is 1.21 bits per heavy atom. The molecule has 1 N–H and O–H groups in total. The van der Waals surface area contributed by atoms with Gasteiger partial charge in [0.25, 0.3) is 0 Å². The maximum atomic E-state index is 13.6. The average molecular weight is 264 g/mol. The standard InChI is InChI=1S/C13H12F2N2.C2H6/c14-11-4-5-13(15)12(7-11)10-3-1-2-6-16-9-17-8-10;1-2/h2-8,16H,1,9H2;1-2H3/b6-2-,10-3+,17-8-;. The van der Waals surface area contributed by atoms with Gasteiger partial charge >= 0.3 is 0 Å². The summed E-state index contributed by atoms with van der Waals surface area (Å²) in [5.41, 5.74) is 0.833. The Morgan fingerprint density at radius 2 is 2.00 bits per heavy atom. The molecule has 0 saturated heterocycles. The van der Waals surface area contributed by atoms with Gasteiger partial charge in [-0.3, -0.25) is 4.99 Å². The summed E-state index contributed by atoms with van der Waals surface area (Å²) in [6, 6.07) is 3.41. The molecule has 0 unspecified atom stereocenters. The molecule has 4 heteroatoms. The molecule has 0 amide bonds. The average Bonchev–Trinajstić information content (AvgIpc) is 2.57. The van der Waals surface area contributed by atoms with Gasteiger partial charge in [-0.15, -0.1) is 0 Å². The lowest BCUT2D eigenvalue weighted by atomic mass is 10.0. The second-order valence-corrected chi connectivity index (χ2v) is 3.60. The largest absolute Gasteiger partial charge is 0.373 e. The fraction of sp³-hybridized carbons (Fsp3) is 0.267. The minimum absolute atomic E-state index is 0.240. The van der Waals surface area contributed by atoms with E-state index in [9.17, 15) is 8.78 Å². The molecule has 2 rings (SSSR count). The van der Waals surface area contributed by atoms with Gasteiger partial charge in [0.1, 0.15) is 18.3 Å². The van der Waals surface area contributed by atoms with Crippen LogP contribution >= 0.6 is 0 Å². The van der Waals surface area contributed by atoms with E-state index in [4.69, 9.17) is 0 Å². The van der Waals surface area contributed by atoms with E-state index in [2.05, 4.69) is 10.3 Å². The predicted molar refractivity (Wildman–Crippen MR) is 75.9 cm³/mol. The van der Waals surface area contributed by atoms with Crippen molar-refractivity contribution in [2.45, 2.75) is 20.3 Å². The van der Waals surface area contributed by atoms with Crippen molar-refractivity contribution in [3.05, 3.63) is 53.7 Å². The molecule has 1 aromatic carbocycles. The molecule has 1 aromatic rings. The second kappa shape index (κ2) is 8.19. The van der Waals surface area contributed by atoms with Gasteiger partial charge in [-0.2, -0.15) is 0 Å². The Morgan fingerprint density at radius 3 is 2.79 bits per heavy atom. The molecule has 1 heterocycles. The fourth-order valence-corrected chi connectivity index (χ4v) is 1.55. The van der Waals surface area contributed by atoms with Gasteiger partial charge in [0.05, 0.1) is 0 Å². The molecule has 2 nitrogen and oxygen atoms in total. The van der Waals surface area contributed by atoms with Gasteiger partial charge in [0.15, 0.2) is 0 Å². The van der Waals surface area contributed by atoms with Gasteiger partial charge in [0.2, 0.25) is 0 Å². The SMILES string of the molecule is CC.Fc1ccc(F)c(C2=C/C/C=C\NC/N=C\2)c1. The van der Waals surface area contributed by atoms with Crippen molar-refractivity contribution in [2.75, 3.05) is 6.67 Å². The van der Waals surface area contributed by atoms with Gasteiger partial charge in [0, 0.05) is 11.8 Å². The minimum Gasteiger partial charge on any atom is -0.373 e. The first kappa shape index (κ1) is 15.1. The second-order valence-electron chi connectivity index (χ2n) is 3.60. The molecule has 1 aliphatic rings. The number of rotatable bonds is 1. The maximum absolute atomic E-state index is 13.6. The van der Waals surface area contributed by atoms with Crippen LogP contribution in [-0.2, 0) is 0 Å². The van der Waals surface area contributed by atoms with E-state index >= 15 is 0 Å². The van der Waals surface area contributed by atoms with E-state index in [1.165, 1.54) is 6.07 Å².